The largest absolute Gasteiger partial charge is 1.00 e. The monoisotopic (exact) mass is 582 g/mol. The van der Waals surface area contributed by atoms with Crippen LogP contribution in [-0.4, -0.2) is 60.6 Å². The Morgan fingerprint density at radius 3 is 2.09 bits per heavy atom. The summed E-state index contributed by atoms with van der Waals surface area (Å²) in [5.74, 6) is 0.00291. The Kier molecular flexibility index (Phi) is 7.47. The van der Waals surface area contributed by atoms with E-state index in [1.807, 2.05) is 71.6 Å². The van der Waals surface area contributed by atoms with Crippen LogP contribution >= 0.6 is 0 Å². The number of carbonyl (C=O) groups excluding carboxylic acids is 2. The molecule has 0 radical (unpaired) electrons. The van der Waals surface area contributed by atoms with Crippen LogP contribution in [0.15, 0.2) is 91.0 Å². The third-order valence-corrected chi connectivity index (χ3v) is 7.20. The van der Waals surface area contributed by atoms with E-state index < -0.39 is 5.54 Å². The van der Waals surface area contributed by atoms with Crippen LogP contribution in [0, 0.1) is 0 Å². The molecule has 2 N–H and O–H groups in total. The molecule has 0 aliphatic carbocycles. The van der Waals surface area contributed by atoms with Gasteiger partial charge in [-0.15, -0.1) is 0 Å². The lowest BCUT2D eigenvalue weighted by Crippen LogP contribution is -3.00. The van der Waals surface area contributed by atoms with Crippen LogP contribution in [-0.2, 0) is 10.3 Å². The van der Waals surface area contributed by atoms with Gasteiger partial charge in [-0.25, -0.2) is 4.79 Å². The van der Waals surface area contributed by atoms with Gasteiger partial charge in [0.15, 0.2) is 6.54 Å². The molecule has 2 aliphatic heterocycles. The zero-order valence-electron chi connectivity index (χ0n) is 19.9. The minimum atomic E-state index is -0.587. The molecule has 5 rings (SSSR count). The Labute approximate surface area is 223 Å². The molecule has 2 saturated heterocycles. The van der Waals surface area contributed by atoms with Gasteiger partial charge in [0.05, 0.1) is 32.7 Å². The summed E-state index contributed by atoms with van der Waals surface area (Å²) in [7, 11) is 2.11. The van der Waals surface area contributed by atoms with Crippen molar-refractivity contribution in [2.45, 2.75) is 18.0 Å². The van der Waals surface area contributed by atoms with Crippen LogP contribution in [0.3, 0.4) is 0 Å². The van der Waals surface area contributed by atoms with Crippen LogP contribution in [0.5, 0.6) is 0 Å². The Hall–Kier alpha value is -2.91. The normalized spacial score (nSPS) is 22.8. The third-order valence-electron chi connectivity index (χ3n) is 7.20. The van der Waals surface area contributed by atoms with E-state index >= 15 is 0 Å². The molecule has 3 aromatic rings. The maximum Gasteiger partial charge on any atom is 0.319 e. The molecule has 6 nitrogen and oxygen atoms in total. The lowest BCUT2D eigenvalue weighted by molar-refractivity contribution is -0.890. The first kappa shape index (κ1) is 25.2. The molecule has 0 aromatic heterocycles. The Bertz CT molecular complexity index is 1120. The van der Waals surface area contributed by atoms with Crippen molar-refractivity contribution in [1.82, 2.24) is 10.2 Å². The maximum atomic E-state index is 13.3. The number of halogens is 1. The number of carbonyl (C=O) groups is 2. The van der Waals surface area contributed by atoms with E-state index in [1.165, 1.54) is 0 Å². The summed E-state index contributed by atoms with van der Waals surface area (Å²) >= 11 is 0. The van der Waals surface area contributed by atoms with Crippen LogP contribution < -0.4 is 34.6 Å². The van der Waals surface area contributed by atoms with E-state index in [0.717, 1.165) is 36.3 Å². The minimum absolute atomic E-state index is 0. The van der Waals surface area contributed by atoms with Gasteiger partial charge >= 0.3 is 6.03 Å². The van der Waals surface area contributed by atoms with Crippen molar-refractivity contribution in [3.8, 4) is 0 Å². The third kappa shape index (κ3) is 5.21. The quantitative estimate of drug-likeness (QED) is 0.334. The van der Waals surface area contributed by atoms with Gasteiger partial charge in [0, 0.05) is 12.1 Å². The molecule has 0 bridgehead atoms. The van der Waals surface area contributed by atoms with E-state index in [2.05, 4.69) is 41.9 Å². The topological polar surface area (TPSA) is 61.4 Å². The molecular weight excluding hydrogens is 551 g/mol. The summed E-state index contributed by atoms with van der Waals surface area (Å²) in [5, 5.41) is 6.32. The number of para-hydroxylation sites is 1. The van der Waals surface area contributed by atoms with Gasteiger partial charge in [-0.1, -0.05) is 78.9 Å². The van der Waals surface area contributed by atoms with E-state index in [1.54, 1.807) is 0 Å². The second-order valence-corrected chi connectivity index (χ2v) is 9.74. The number of likely N-dealkylation sites (N-methyl/N-ethyl adjacent to an activating group) is 1. The highest BCUT2D eigenvalue weighted by Gasteiger charge is 2.50. The molecule has 2 fully saturated rings. The van der Waals surface area contributed by atoms with Gasteiger partial charge in [-0.3, -0.25) is 4.79 Å². The summed E-state index contributed by atoms with van der Waals surface area (Å²) in [5.41, 5.74) is 2.38. The second-order valence-electron chi connectivity index (χ2n) is 9.74. The fraction of sp³-hybridized carbons (Fsp3) is 0.286. The van der Waals surface area contributed by atoms with Crippen molar-refractivity contribution in [1.29, 1.82) is 0 Å². The number of nitrogens with one attached hydrogen (secondary N) is 2. The molecule has 182 valence electrons. The summed E-state index contributed by atoms with van der Waals surface area (Å²) in [6, 6.07) is 30.0. The predicted octanol–water partition coefficient (Wildman–Crippen LogP) is 0.817. The second kappa shape index (κ2) is 10.4. The Balaban J connectivity index is 0.00000289. The zero-order valence-corrected chi connectivity index (χ0v) is 22.0. The van der Waals surface area contributed by atoms with Gasteiger partial charge in [0.1, 0.15) is 5.54 Å². The standard InChI is InChI=1S/C28H30N4O2.HI/c1-32(20-26(33)29-24-15-9-4-10-16-24)18-17-25(19-32)31-21-28(30-27(31)34,22-11-5-2-6-12-22)23-13-7-3-8-14-23;/h2-16,25H,17-21H2,1H3,(H-,29,30,33,34);1H. The van der Waals surface area contributed by atoms with Gasteiger partial charge in [0.2, 0.25) is 0 Å². The van der Waals surface area contributed by atoms with E-state index in [-0.39, 0.29) is 42.0 Å². The number of nitrogens with zero attached hydrogens (tertiary/aromatic N) is 2. The Morgan fingerprint density at radius 2 is 1.51 bits per heavy atom. The molecule has 3 aromatic carbocycles. The van der Waals surface area contributed by atoms with Gasteiger partial charge < -0.3 is 44.0 Å². The molecule has 0 saturated carbocycles. The zero-order chi connectivity index (χ0) is 23.6. The fourth-order valence-electron chi connectivity index (χ4n) is 5.47. The summed E-state index contributed by atoms with van der Waals surface area (Å²) < 4.78 is 0.622. The molecular formula is C28H31IN4O2. The molecule has 2 atom stereocenters. The highest BCUT2D eigenvalue weighted by atomic mass is 127. The SMILES string of the molecule is C[N+]1(CC(=O)Nc2ccccc2)CCC(N2CC(c3ccccc3)(c3ccccc3)NC2=O)C1.[I-]. The molecule has 2 aliphatic rings. The van der Waals surface area contributed by atoms with Gasteiger partial charge in [-0.2, -0.15) is 0 Å². The first-order valence-electron chi connectivity index (χ1n) is 11.9. The number of urea groups is 1. The smallest absolute Gasteiger partial charge is 0.319 e. The molecule has 3 amide bonds. The van der Waals surface area contributed by atoms with E-state index in [9.17, 15) is 9.59 Å². The molecule has 2 heterocycles. The number of rotatable bonds is 6. The predicted molar refractivity (Wildman–Crippen MR) is 133 cm³/mol. The molecule has 2 unspecified atom stereocenters. The van der Waals surface area contributed by atoms with Crippen LogP contribution in [0.1, 0.15) is 17.5 Å². The number of anilines is 1. The summed E-state index contributed by atoms with van der Waals surface area (Å²) in [6.45, 7) is 2.58. The van der Waals surface area contributed by atoms with Gasteiger partial charge in [-0.05, 0) is 23.3 Å². The number of quaternary nitrogens is 1. The minimum Gasteiger partial charge on any atom is -1.00 e. The van der Waals surface area contributed by atoms with Crippen LogP contribution in [0.4, 0.5) is 10.5 Å². The highest BCUT2D eigenvalue weighted by molar-refractivity contribution is 5.91. The highest BCUT2D eigenvalue weighted by Crippen LogP contribution is 2.37. The number of amides is 3. The molecule has 35 heavy (non-hydrogen) atoms. The van der Waals surface area contributed by atoms with Crippen molar-refractivity contribution < 1.29 is 38.0 Å². The first-order valence-corrected chi connectivity index (χ1v) is 11.9. The van der Waals surface area contributed by atoms with Crippen molar-refractivity contribution in [2.75, 3.05) is 38.5 Å². The number of hydrogen-bond donors (Lipinski definition) is 2. The maximum absolute atomic E-state index is 13.3. The van der Waals surface area contributed by atoms with Crippen LogP contribution in [0.2, 0.25) is 0 Å². The summed E-state index contributed by atoms with van der Waals surface area (Å²) in [6.07, 6.45) is 0.877. The Morgan fingerprint density at radius 1 is 0.971 bits per heavy atom. The summed E-state index contributed by atoms with van der Waals surface area (Å²) in [4.78, 5) is 28.0. The number of hydrogen-bond acceptors (Lipinski definition) is 2. The van der Waals surface area contributed by atoms with Crippen LogP contribution in [0.25, 0.3) is 0 Å². The average Bonchev–Trinajstić information content (AvgIpc) is 3.41. The number of likely N-dealkylation sites (tertiary alicyclic amines) is 1. The van der Waals surface area contributed by atoms with E-state index in [4.69, 9.17) is 0 Å². The van der Waals surface area contributed by atoms with Crippen molar-refractivity contribution in [3.63, 3.8) is 0 Å². The van der Waals surface area contributed by atoms with Crippen molar-refractivity contribution >= 4 is 17.6 Å². The number of benzene rings is 3. The first-order chi connectivity index (χ1) is 16.5. The van der Waals surface area contributed by atoms with Crippen molar-refractivity contribution in [3.05, 3.63) is 102 Å². The fourth-order valence-corrected chi connectivity index (χ4v) is 5.47. The van der Waals surface area contributed by atoms with E-state index in [0.29, 0.717) is 17.6 Å². The van der Waals surface area contributed by atoms with Gasteiger partial charge in [0.25, 0.3) is 5.91 Å². The molecule has 7 heteroatoms. The molecule has 0 spiro atoms. The lowest BCUT2D eigenvalue weighted by atomic mass is 9.83. The average molecular weight is 582 g/mol. The lowest BCUT2D eigenvalue weighted by Gasteiger charge is -2.32. The van der Waals surface area contributed by atoms with Crippen molar-refractivity contribution in [2.24, 2.45) is 0 Å².